The SMILES string of the molecule is CCC(=O)Nc1ccc2c(c1)OCC(C)(C)C(=O)N2CCC(C)C. The predicted molar refractivity (Wildman–Crippen MR) is 96.4 cm³/mol. The van der Waals surface area contributed by atoms with E-state index in [-0.39, 0.29) is 11.8 Å². The van der Waals surface area contributed by atoms with Crippen LogP contribution in [0.5, 0.6) is 5.75 Å². The molecule has 1 heterocycles. The number of hydrogen-bond acceptors (Lipinski definition) is 3. The number of fused-ring (bicyclic) bond motifs is 1. The zero-order valence-electron chi connectivity index (χ0n) is 15.3. The summed E-state index contributed by atoms with van der Waals surface area (Å²) in [6, 6.07) is 5.49. The van der Waals surface area contributed by atoms with Gasteiger partial charge in [-0.05, 0) is 38.3 Å². The molecule has 2 rings (SSSR count). The Morgan fingerprint density at radius 2 is 2.08 bits per heavy atom. The molecule has 0 saturated carbocycles. The Balaban J connectivity index is 2.36. The lowest BCUT2D eigenvalue weighted by Crippen LogP contribution is -2.42. The summed E-state index contributed by atoms with van der Waals surface area (Å²) in [7, 11) is 0. The van der Waals surface area contributed by atoms with Crippen molar-refractivity contribution in [3.63, 3.8) is 0 Å². The maximum absolute atomic E-state index is 12.9. The standard InChI is InChI=1S/C19H28N2O3/c1-6-17(22)20-14-7-8-15-16(11-14)24-12-19(4,5)18(23)21(15)10-9-13(2)3/h7-8,11,13H,6,9-10,12H2,1-5H3,(H,20,22). The Labute approximate surface area is 144 Å². The van der Waals surface area contributed by atoms with Crippen LogP contribution in [0.25, 0.3) is 0 Å². The van der Waals surface area contributed by atoms with Gasteiger partial charge in [-0.3, -0.25) is 9.59 Å². The maximum atomic E-state index is 12.9. The lowest BCUT2D eigenvalue weighted by atomic mass is 9.92. The largest absolute Gasteiger partial charge is 0.490 e. The van der Waals surface area contributed by atoms with Gasteiger partial charge in [-0.1, -0.05) is 20.8 Å². The molecule has 0 saturated heterocycles. The van der Waals surface area contributed by atoms with E-state index in [0.29, 0.717) is 36.9 Å². The van der Waals surface area contributed by atoms with E-state index in [1.54, 1.807) is 6.07 Å². The molecule has 2 amide bonds. The summed E-state index contributed by atoms with van der Waals surface area (Å²) in [5.74, 6) is 1.19. The first-order valence-electron chi connectivity index (χ1n) is 8.63. The first-order chi connectivity index (χ1) is 11.2. The van der Waals surface area contributed by atoms with Crippen molar-refractivity contribution in [2.45, 2.75) is 47.5 Å². The van der Waals surface area contributed by atoms with Crippen LogP contribution in [0, 0.1) is 11.3 Å². The molecule has 0 radical (unpaired) electrons. The molecule has 1 aromatic rings. The van der Waals surface area contributed by atoms with Crippen LogP contribution >= 0.6 is 0 Å². The average molecular weight is 332 g/mol. The van der Waals surface area contributed by atoms with E-state index < -0.39 is 5.41 Å². The van der Waals surface area contributed by atoms with Gasteiger partial charge in [0, 0.05) is 24.7 Å². The van der Waals surface area contributed by atoms with Crippen molar-refractivity contribution in [3.05, 3.63) is 18.2 Å². The van der Waals surface area contributed by atoms with E-state index in [4.69, 9.17) is 4.74 Å². The highest BCUT2D eigenvalue weighted by atomic mass is 16.5. The Kier molecular flexibility index (Phi) is 5.52. The lowest BCUT2D eigenvalue weighted by Gasteiger charge is -2.28. The molecule has 0 spiro atoms. The molecule has 24 heavy (non-hydrogen) atoms. The monoisotopic (exact) mass is 332 g/mol. The van der Waals surface area contributed by atoms with Crippen LogP contribution in [-0.4, -0.2) is 25.0 Å². The van der Waals surface area contributed by atoms with Crippen LogP contribution in [0.2, 0.25) is 0 Å². The molecule has 5 nitrogen and oxygen atoms in total. The molecule has 5 heteroatoms. The number of hydrogen-bond donors (Lipinski definition) is 1. The Bertz CT molecular complexity index is 623. The van der Waals surface area contributed by atoms with Gasteiger partial charge in [0.2, 0.25) is 11.8 Å². The van der Waals surface area contributed by atoms with Gasteiger partial charge in [0.25, 0.3) is 0 Å². The van der Waals surface area contributed by atoms with E-state index in [1.165, 1.54) is 0 Å². The van der Waals surface area contributed by atoms with Gasteiger partial charge in [0.1, 0.15) is 12.4 Å². The smallest absolute Gasteiger partial charge is 0.236 e. The predicted octanol–water partition coefficient (Wildman–Crippen LogP) is 3.83. The Morgan fingerprint density at radius 3 is 2.71 bits per heavy atom. The fraction of sp³-hybridized carbons (Fsp3) is 0.579. The van der Waals surface area contributed by atoms with Gasteiger partial charge >= 0.3 is 0 Å². The summed E-state index contributed by atoms with van der Waals surface area (Å²) in [4.78, 5) is 26.4. The molecule has 0 bridgehead atoms. The fourth-order valence-corrected chi connectivity index (χ4v) is 2.58. The highest BCUT2D eigenvalue weighted by molar-refractivity contribution is 6.00. The second kappa shape index (κ2) is 7.24. The second-order valence-corrected chi connectivity index (χ2v) is 7.40. The second-order valence-electron chi connectivity index (χ2n) is 7.40. The summed E-state index contributed by atoms with van der Waals surface area (Å²) in [6.45, 7) is 10.9. The molecule has 1 N–H and O–H groups in total. The van der Waals surface area contributed by atoms with Crippen molar-refractivity contribution in [1.82, 2.24) is 0 Å². The van der Waals surface area contributed by atoms with Crippen LogP contribution in [0.15, 0.2) is 18.2 Å². The van der Waals surface area contributed by atoms with Crippen molar-refractivity contribution in [1.29, 1.82) is 0 Å². The molecule has 0 atom stereocenters. The third kappa shape index (κ3) is 4.08. The van der Waals surface area contributed by atoms with Gasteiger partial charge < -0.3 is 15.0 Å². The van der Waals surface area contributed by atoms with Crippen molar-refractivity contribution < 1.29 is 14.3 Å². The lowest BCUT2D eigenvalue weighted by molar-refractivity contribution is -0.127. The summed E-state index contributed by atoms with van der Waals surface area (Å²) < 4.78 is 5.91. The molecule has 1 aromatic carbocycles. The van der Waals surface area contributed by atoms with Crippen molar-refractivity contribution in [3.8, 4) is 5.75 Å². The topological polar surface area (TPSA) is 58.6 Å². The number of anilines is 2. The normalized spacial score (nSPS) is 16.4. The van der Waals surface area contributed by atoms with Crippen LogP contribution < -0.4 is 15.0 Å². The van der Waals surface area contributed by atoms with Crippen LogP contribution in [-0.2, 0) is 9.59 Å². The number of carbonyl (C=O) groups excluding carboxylic acids is 2. The van der Waals surface area contributed by atoms with Crippen LogP contribution in [0.3, 0.4) is 0 Å². The number of amides is 2. The molecule has 0 unspecified atom stereocenters. The van der Waals surface area contributed by atoms with Crippen LogP contribution in [0.1, 0.15) is 47.5 Å². The summed E-state index contributed by atoms with van der Waals surface area (Å²) in [5.41, 5.74) is 0.889. The zero-order valence-corrected chi connectivity index (χ0v) is 15.3. The Morgan fingerprint density at radius 1 is 1.38 bits per heavy atom. The number of carbonyl (C=O) groups is 2. The fourth-order valence-electron chi connectivity index (χ4n) is 2.58. The third-order valence-corrected chi connectivity index (χ3v) is 4.20. The maximum Gasteiger partial charge on any atom is 0.236 e. The van der Waals surface area contributed by atoms with Gasteiger partial charge in [0.15, 0.2) is 0 Å². The average Bonchev–Trinajstić information content (AvgIpc) is 2.61. The van der Waals surface area contributed by atoms with Crippen molar-refractivity contribution >= 4 is 23.2 Å². The molecule has 0 aromatic heterocycles. The van der Waals surface area contributed by atoms with Gasteiger partial charge in [0.05, 0.1) is 11.1 Å². The number of ether oxygens (including phenoxy) is 1. The quantitative estimate of drug-likeness (QED) is 0.891. The molecule has 0 aliphatic carbocycles. The molecular formula is C19H28N2O3. The molecule has 1 aliphatic rings. The van der Waals surface area contributed by atoms with E-state index in [1.807, 2.05) is 37.8 Å². The van der Waals surface area contributed by atoms with Crippen molar-refractivity contribution in [2.24, 2.45) is 11.3 Å². The first-order valence-corrected chi connectivity index (χ1v) is 8.63. The summed E-state index contributed by atoms with van der Waals surface area (Å²) in [5, 5.41) is 2.84. The van der Waals surface area contributed by atoms with E-state index in [9.17, 15) is 9.59 Å². The molecular weight excluding hydrogens is 304 g/mol. The minimum absolute atomic E-state index is 0.0448. The highest BCUT2D eigenvalue weighted by Crippen LogP contribution is 2.38. The van der Waals surface area contributed by atoms with E-state index >= 15 is 0 Å². The first kappa shape index (κ1) is 18.3. The third-order valence-electron chi connectivity index (χ3n) is 4.20. The summed E-state index contributed by atoms with van der Waals surface area (Å²) >= 11 is 0. The minimum Gasteiger partial charge on any atom is -0.490 e. The Hall–Kier alpha value is -2.04. The number of rotatable bonds is 5. The minimum atomic E-state index is -0.581. The van der Waals surface area contributed by atoms with Gasteiger partial charge in [-0.2, -0.15) is 0 Å². The van der Waals surface area contributed by atoms with E-state index in [0.717, 1.165) is 12.1 Å². The van der Waals surface area contributed by atoms with Crippen molar-refractivity contribution in [2.75, 3.05) is 23.4 Å². The molecule has 0 fully saturated rings. The zero-order chi connectivity index (χ0) is 17.9. The van der Waals surface area contributed by atoms with Crippen LogP contribution in [0.4, 0.5) is 11.4 Å². The number of nitrogens with zero attached hydrogens (tertiary/aromatic N) is 1. The molecule has 132 valence electrons. The highest BCUT2D eigenvalue weighted by Gasteiger charge is 2.37. The number of benzene rings is 1. The molecule has 1 aliphatic heterocycles. The van der Waals surface area contributed by atoms with E-state index in [2.05, 4.69) is 19.2 Å². The number of nitrogens with one attached hydrogen (secondary N) is 1. The van der Waals surface area contributed by atoms with Gasteiger partial charge in [-0.15, -0.1) is 0 Å². The van der Waals surface area contributed by atoms with Gasteiger partial charge in [-0.25, -0.2) is 0 Å². The summed E-state index contributed by atoms with van der Waals surface area (Å²) in [6.07, 6.45) is 1.35.